The van der Waals surface area contributed by atoms with Gasteiger partial charge in [0.05, 0.1) is 12.3 Å². The predicted molar refractivity (Wildman–Crippen MR) is 78.9 cm³/mol. The fraction of sp³-hybridized carbons (Fsp3) is 0.500. The number of nitrogens with one attached hydrogen (secondary N) is 1. The summed E-state index contributed by atoms with van der Waals surface area (Å²) in [5.74, 6) is 1.79. The van der Waals surface area contributed by atoms with Crippen molar-refractivity contribution >= 4 is 23.5 Å². The molecule has 1 amide bonds. The summed E-state index contributed by atoms with van der Waals surface area (Å²) in [6, 6.07) is 1.84. The summed E-state index contributed by atoms with van der Waals surface area (Å²) < 4.78 is 6.81. The van der Waals surface area contributed by atoms with Crippen LogP contribution in [0.1, 0.15) is 31.5 Å². The Hall–Kier alpha value is -1.87. The lowest BCUT2D eigenvalue weighted by Gasteiger charge is -2.12. The Bertz CT molecular complexity index is 621. The van der Waals surface area contributed by atoms with E-state index in [1.807, 2.05) is 18.4 Å². The van der Waals surface area contributed by atoms with Gasteiger partial charge < -0.3 is 20.1 Å². The van der Waals surface area contributed by atoms with Gasteiger partial charge in [-0.15, -0.1) is 10.2 Å². The zero-order chi connectivity index (χ0) is 15.4. The van der Waals surface area contributed by atoms with Gasteiger partial charge in [-0.25, -0.2) is 0 Å². The van der Waals surface area contributed by atoms with Gasteiger partial charge in [0.1, 0.15) is 11.6 Å². The molecule has 0 spiro atoms. The van der Waals surface area contributed by atoms with Crippen molar-refractivity contribution in [2.45, 2.75) is 38.5 Å². The van der Waals surface area contributed by atoms with Crippen molar-refractivity contribution in [3.8, 4) is 0 Å². The molecule has 0 fully saturated rings. The summed E-state index contributed by atoms with van der Waals surface area (Å²) in [7, 11) is 0. The van der Waals surface area contributed by atoms with Crippen LogP contribution < -0.4 is 11.1 Å². The number of nitrogens with zero attached hydrogens (tertiary/aromatic N) is 4. The third-order valence-corrected chi connectivity index (χ3v) is 3.61. The van der Waals surface area contributed by atoms with Crippen molar-refractivity contribution in [1.29, 1.82) is 0 Å². The van der Waals surface area contributed by atoms with Crippen LogP contribution in [0.15, 0.2) is 15.7 Å². The monoisotopic (exact) mass is 310 g/mol. The molecule has 0 saturated heterocycles. The van der Waals surface area contributed by atoms with Crippen LogP contribution in [-0.2, 0) is 11.3 Å². The SMILES string of the molecule is Cc1cc(NC(=O)CSc2nnc(CN)n2C(C)C)no1. The maximum absolute atomic E-state index is 11.9. The quantitative estimate of drug-likeness (QED) is 0.774. The Morgan fingerprint density at radius 1 is 1.52 bits per heavy atom. The summed E-state index contributed by atoms with van der Waals surface area (Å²) in [5.41, 5.74) is 5.63. The Labute approximate surface area is 126 Å². The van der Waals surface area contributed by atoms with E-state index in [1.165, 1.54) is 11.8 Å². The molecule has 0 aliphatic heterocycles. The molecule has 0 saturated carbocycles. The molecule has 0 unspecified atom stereocenters. The van der Waals surface area contributed by atoms with Gasteiger partial charge in [0.25, 0.3) is 0 Å². The lowest BCUT2D eigenvalue weighted by atomic mass is 10.4. The lowest BCUT2D eigenvalue weighted by Crippen LogP contribution is -2.16. The number of hydrogen-bond acceptors (Lipinski definition) is 7. The summed E-state index contributed by atoms with van der Waals surface area (Å²) in [6.45, 7) is 6.11. The summed E-state index contributed by atoms with van der Waals surface area (Å²) in [5, 5.41) is 15.1. The van der Waals surface area contributed by atoms with Crippen molar-refractivity contribution < 1.29 is 9.32 Å². The number of thioether (sulfide) groups is 1. The molecule has 0 aliphatic rings. The van der Waals surface area contributed by atoms with Crippen LogP contribution in [0.5, 0.6) is 0 Å². The van der Waals surface area contributed by atoms with Gasteiger partial charge in [0, 0.05) is 12.1 Å². The molecular formula is C12H18N6O2S. The van der Waals surface area contributed by atoms with Crippen LogP contribution in [0, 0.1) is 6.92 Å². The van der Waals surface area contributed by atoms with Gasteiger partial charge in [-0.1, -0.05) is 16.9 Å². The van der Waals surface area contributed by atoms with Gasteiger partial charge in [0.15, 0.2) is 11.0 Å². The standard InChI is InChI=1S/C12H18N6O2S/c1-7(2)18-10(5-13)15-16-12(18)21-6-11(19)14-9-4-8(3)20-17-9/h4,7H,5-6,13H2,1-3H3,(H,14,17,19). The van der Waals surface area contributed by atoms with E-state index in [0.29, 0.717) is 29.1 Å². The number of aromatic nitrogens is 4. The molecule has 8 nitrogen and oxygen atoms in total. The number of carbonyl (C=O) groups is 1. The molecule has 0 atom stereocenters. The van der Waals surface area contributed by atoms with Crippen molar-refractivity contribution in [3.05, 3.63) is 17.7 Å². The first-order valence-electron chi connectivity index (χ1n) is 6.51. The molecule has 0 bridgehead atoms. The molecule has 3 N–H and O–H groups in total. The van der Waals surface area contributed by atoms with Crippen molar-refractivity contribution in [2.75, 3.05) is 11.1 Å². The van der Waals surface area contributed by atoms with E-state index >= 15 is 0 Å². The smallest absolute Gasteiger partial charge is 0.236 e. The summed E-state index contributed by atoms with van der Waals surface area (Å²) in [4.78, 5) is 11.9. The molecule has 0 aromatic carbocycles. The third-order valence-electron chi connectivity index (χ3n) is 2.66. The van der Waals surface area contributed by atoms with Crippen LogP contribution in [0.2, 0.25) is 0 Å². The van der Waals surface area contributed by atoms with E-state index in [9.17, 15) is 4.79 Å². The number of rotatable bonds is 6. The first-order valence-corrected chi connectivity index (χ1v) is 7.49. The first-order chi connectivity index (χ1) is 10.0. The largest absolute Gasteiger partial charge is 0.360 e. The normalized spacial score (nSPS) is 11.1. The van der Waals surface area contributed by atoms with Crippen molar-refractivity contribution in [2.24, 2.45) is 5.73 Å². The third kappa shape index (κ3) is 3.82. The van der Waals surface area contributed by atoms with Gasteiger partial charge in [-0.2, -0.15) is 0 Å². The van der Waals surface area contributed by atoms with Gasteiger partial charge >= 0.3 is 0 Å². The van der Waals surface area contributed by atoms with E-state index < -0.39 is 0 Å². The Kier molecular flexibility index (Phi) is 4.97. The van der Waals surface area contributed by atoms with E-state index in [1.54, 1.807) is 13.0 Å². The van der Waals surface area contributed by atoms with Crippen LogP contribution in [0.25, 0.3) is 0 Å². The Morgan fingerprint density at radius 3 is 2.86 bits per heavy atom. The predicted octanol–water partition coefficient (Wildman–Crippen LogP) is 1.34. The van der Waals surface area contributed by atoms with E-state index in [-0.39, 0.29) is 17.7 Å². The zero-order valence-corrected chi connectivity index (χ0v) is 13.0. The Balaban J connectivity index is 1.96. The molecular weight excluding hydrogens is 292 g/mol. The second kappa shape index (κ2) is 6.72. The molecule has 2 heterocycles. The molecule has 114 valence electrons. The average Bonchev–Trinajstić information content (AvgIpc) is 3.02. The maximum Gasteiger partial charge on any atom is 0.236 e. The van der Waals surface area contributed by atoms with Crippen LogP contribution in [-0.4, -0.2) is 31.6 Å². The second-order valence-corrected chi connectivity index (χ2v) is 5.67. The van der Waals surface area contributed by atoms with E-state index in [4.69, 9.17) is 10.3 Å². The zero-order valence-electron chi connectivity index (χ0n) is 12.2. The van der Waals surface area contributed by atoms with Gasteiger partial charge in [-0.05, 0) is 20.8 Å². The second-order valence-electron chi connectivity index (χ2n) is 4.73. The first kappa shape index (κ1) is 15.5. The molecule has 9 heteroatoms. The molecule has 21 heavy (non-hydrogen) atoms. The highest BCUT2D eigenvalue weighted by molar-refractivity contribution is 7.99. The lowest BCUT2D eigenvalue weighted by molar-refractivity contribution is -0.113. The summed E-state index contributed by atoms with van der Waals surface area (Å²) >= 11 is 1.31. The van der Waals surface area contributed by atoms with Crippen LogP contribution in [0.4, 0.5) is 5.82 Å². The minimum Gasteiger partial charge on any atom is -0.360 e. The number of amides is 1. The van der Waals surface area contributed by atoms with Crippen LogP contribution >= 0.6 is 11.8 Å². The highest BCUT2D eigenvalue weighted by atomic mass is 32.2. The molecule has 0 aliphatic carbocycles. The number of carbonyl (C=O) groups excluding carboxylic acids is 1. The Morgan fingerprint density at radius 2 is 2.29 bits per heavy atom. The molecule has 0 radical (unpaired) electrons. The maximum atomic E-state index is 11.9. The van der Waals surface area contributed by atoms with Crippen molar-refractivity contribution in [3.63, 3.8) is 0 Å². The fourth-order valence-corrected chi connectivity index (χ4v) is 2.68. The number of hydrogen-bond donors (Lipinski definition) is 2. The fourth-order valence-electron chi connectivity index (χ4n) is 1.80. The average molecular weight is 310 g/mol. The minimum atomic E-state index is -0.180. The van der Waals surface area contributed by atoms with E-state index in [2.05, 4.69) is 20.7 Å². The van der Waals surface area contributed by atoms with Gasteiger partial charge in [0.2, 0.25) is 5.91 Å². The van der Waals surface area contributed by atoms with Gasteiger partial charge in [-0.3, -0.25) is 4.79 Å². The highest BCUT2D eigenvalue weighted by Crippen LogP contribution is 2.21. The molecule has 2 rings (SSSR count). The number of anilines is 1. The molecule has 2 aromatic heterocycles. The van der Waals surface area contributed by atoms with Crippen LogP contribution in [0.3, 0.4) is 0 Å². The molecule has 2 aromatic rings. The van der Waals surface area contributed by atoms with E-state index in [0.717, 1.165) is 0 Å². The number of aryl methyl sites for hydroxylation is 1. The number of nitrogens with two attached hydrogens (primary N) is 1. The highest BCUT2D eigenvalue weighted by Gasteiger charge is 2.15. The topological polar surface area (TPSA) is 112 Å². The minimum absolute atomic E-state index is 0.180. The van der Waals surface area contributed by atoms with Crippen molar-refractivity contribution in [1.82, 2.24) is 19.9 Å². The summed E-state index contributed by atoms with van der Waals surface area (Å²) in [6.07, 6.45) is 0.